The minimum absolute atomic E-state index is 0.0658. The highest BCUT2D eigenvalue weighted by molar-refractivity contribution is 5.94. The molecule has 2 atom stereocenters. The summed E-state index contributed by atoms with van der Waals surface area (Å²) in [5, 5.41) is 3.57. The van der Waals surface area contributed by atoms with Gasteiger partial charge in [0.15, 0.2) is 0 Å². The molecule has 2 heterocycles. The third kappa shape index (κ3) is 6.54. The summed E-state index contributed by atoms with van der Waals surface area (Å²) in [5.41, 5.74) is 7.39. The molecule has 6 nitrogen and oxygen atoms in total. The molecular weight excluding hydrogens is 503 g/mol. The number of amides is 1. The average molecular weight is 536 g/mol. The largest absolute Gasteiger partial charge is 0.366 e. The van der Waals surface area contributed by atoms with Gasteiger partial charge in [-0.05, 0) is 54.3 Å². The van der Waals surface area contributed by atoms with Gasteiger partial charge in [-0.15, -0.1) is 0 Å². The zero-order valence-electron chi connectivity index (χ0n) is 22.2. The van der Waals surface area contributed by atoms with Crippen LogP contribution in [0.15, 0.2) is 67.1 Å². The lowest BCUT2D eigenvalue weighted by molar-refractivity contribution is 0.0996. The molecule has 3 N–H and O–H groups in total. The van der Waals surface area contributed by atoms with Crippen molar-refractivity contribution in [1.82, 2.24) is 19.9 Å². The normalized spacial score (nSPS) is 13.0. The molecule has 4 aromatic rings. The number of pyridine rings is 1. The van der Waals surface area contributed by atoms with Crippen molar-refractivity contribution in [3.05, 3.63) is 107 Å². The monoisotopic (exact) mass is 535 g/mol. The lowest BCUT2D eigenvalue weighted by Gasteiger charge is -2.26. The van der Waals surface area contributed by atoms with Crippen LogP contribution in [-0.4, -0.2) is 27.0 Å². The van der Waals surface area contributed by atoms with Gasteiger partial charge >= 0.3 is 0 Å². The molecule has 0 saturated carbocycles. The third-order valence-corrected chi connectivity index (χ3v) is 6.75. The average Bonchev–Trinajstić information content (AvgIpc) is 3.38. The zero-order chi connectivity index (χ0) is 28.1. The van der Waals surface area contributed by atoms with Crippen LogP contribution in [0.4, 0.5) is 13.2 Å². The molecule has 204 valence electrons. The molecule has 0 saturated heterocycles. The highest BCUT2D eigenvalue weighted by Crippen LogP contribution is 2.31. The van der Waals surface area contributed by atoms with Gasteiger partial charge < -0.3 is 15.6 Å². The van der Waals surface area contributed by atoms with Gasteiger partial charge in [0.2, 0.25) is 0 Å². The molecule has 1 amide bonds. The van der Waals surface area contributed by atoms with Gasteiger partial charge in [-0.25, -0.2) is 18.2 Å². The summed E-state index contributed by atoms with van der Waals surface area (Å²) in [4.78, 5) is 20.9. The first kappa shape index (κ1) is 28.0. The molecule has 0 bridgehead atoms. The van der Waals surface area contributed by atoms with Crippen molar-refractivity contribution in [2.75, 3.05) is 6.54 Å². The number of primary amides is 1. The Morgan fingerprint density at radius 3 is 2.44 bits per heavy atom. The summed E-state index contributed by atoms with van der Waals surface area (Å²) in [6.45, 7) is 6.79. The Hall–Kier alpha value is -3.98. The minimum atomic E-state index is -0.878. The molecule has 0 aliphatic rings. The molecule has 2 aromatic carbocycles. The van der Waals surface area contributed by atoms with Gasteiger partial charge in [-0.1, -0.05) is 32.9 Å². The second-order valence-corrected chi connectivity index (χ2v) is 9.85. The number of carbonyl (C=O) groups is 1. The highest BCUT2D eigenvalue weighted by Gasteiger charge is 2.23. The molecule has 4 rings (SSSR count). The van der Waals surface area contributed by atoms with Gasteiger partial charge in [-0.2, -0.15) is 0 Å². The molecule has 2 aromatic heterocycles. The van der Waals surface area contributed by atoms with Crippen molar-refractivity contribution in [2.24, 2.45) is 5.73 Å². The molecule has 39 heavy (non-hydrogen) atoms. The summed E-state index contributed by atoms with van der Waals surface area (Å²) in [7, 11) is 0. The van der Waals surface area contributed by atoms with Crippen molar-refractivity contribution < 1.29 is 18.0 Å². The molecule has 9 heteroatoms. The van der Waals surface area contributed by atoms with Crippen LogP contribution in [0.25, 0.3) is 11.1 Å². The van der Waals surface area contributed by atoms with Crippen molar-refractivity contribution >= 4 is 5.91 Å². The predicted molar refractivity (Wildman–Crippen MR) is 145 cm³/mol. The van der Waals surface area contributed by atoms with E-state index in [0.29, 0.717) is 28.9 Å². The first-order chi connectivity index (χ1) is 18.7. The Bertz CT molecular complexity index is 1430. The van der Waals surface area contributed by atoms with Crippen LogP contribution in [0.3, 0.4) is 0 Å². The van der Waals surface area contributed by atoms with Crippen molar-refractivity contribution in [3.8, 4) is 11.1 Å². The van der Waals surface area contributed by atoms with E-state index in [1.54, 1.807) is 24.5 Å². The summed E-state index contributed by atoms with van der Waals surface area (Å²) in [6.07, 6.45) is 6.42. The van der Waals surface area contributed by atoms with Gasteiger partial charge in [0, 0.05) is 48.7 Å². The number of hydrogen-bond donors (Lipinski definition) is 2. The number of benzene rings is 2. The van der Waals surface area contributed by atoms with E-state index in [2.05, 4.69) is 40.6 Å². The fourth-order valence-corrected chi connectivity index (χ4v) is 4.85. The number of nitrogens with two attached hydrogens (primary N) is 1. The van der Waals surface area contributed by atoms with E-state index in [0.717, 1.165) is 18.3 Å². The predicted octanol–water partition coefficient (Wildman–Crippen LogP) is 6.11. The van der Waals surface area contributed by atoms with E-state index in [9.17, 15) is 18.0 Å². The number of aromatic nitrogens is 3. The van der Waals surface area contributed by atoms with Crippen LogP contribution in [0.5, 0.6) is 0 Å². The van der Waals surface area contributed by atoms with Crippen LogP contribution in [0, 0.1) is 17.5 Å². The van der Waals surface area contributed by atoms with Crippen molar-refractivity contribution in [2.45, 2.75) is 51.6 Å². The molecular formula is C30H32F3N5O. The first-order valence-corrected chi connectivity index (χ1v) is 12.9. The van der Waals surface area contributed by atoms with Crippen molar-refractivity contribution in [1.29, 1.82) is 0 Å². The van der Waals surface area contributed by atoms with E-state index >= 15 is 0 Å². The van der Waals surface area contributed by atoms with Crippen LogP contribution >= 0.6 is 0 Å². The summed E-state index contributed by atoms with van der Waals surface area (Å²) >= 11 is 0. The van der Waals surface area contributed by atoms with Crippen LogP contribution in [0.2, 0.25) is 0 Å². The van der Waals surface area contributed by atoms with E-state index in [4.69, 9.17) is 5.73 Å². The quantitative estimate of drug-likeness (QED) is 0.243. The Morgan fingerprint density at radius 2 is 1.77 bits per heavy atom. The molecule has 1 unspecified atom stereocenters. The summed E-state index contributed by atoms with van der Waals surface area (Å²) in [6, 6.07) is 10.7. The smallest absolute Gasteiger partial charge is 0.251 e. The van der Waals surface area contributed by atoms with Crippen molar-refractivity contribution in [3.63, 3.8) is 0 Å². The Balaban J connectivity index is 1.74. The number of halogens is 3. The number of carbonyl (C=O) groups excluding carboxylic acids is 1. The molecule has 0 fully saturated rings. The lowest BCUT2D eigenvalue weighted by Crippen LogP contribution is -2.31. The maximum absolute atomic E-state index is 14.2. The Labute approximate surface area is 226 Å². The molecule has 0 aliphatic heterocycles. The number of imidazole rings is 1. The van der Waals surface area contributed by atoms with E-state index in [1.165, 1.54) is 24.3 Å². The van der Waals surface area contributed by atoms with E-state index in [-0.39, 0.29) is 23.9 Å². The number of nitrogens with one attached hydrogen (secondary N) is 1. The molecule has 0 aliphatic carbocycles. The number of nitrogens with zero attached hydrogens (tertiary/aromatic N) is 3. The van der Waals surface area contributed by atoms with E-state index < -0.39 is 29.4 Å². The SMILES string of the molecule is CCC(CN[C@@H](Cc1cc(F)cc(F)c1)c1ncccc1-c1ccc(F)c(C(N)=O)c1)n1ccnc1C(C)C. The van der Waals surface area contributed by atoms with Gasteiger partial charge in [0.05, 0.1) is 17.3 Å². The number of hydrogen-bond acceptors (Lipinski definition) is 4. The molecule has 0 radical (unpaired) electrons. The summed E-state index contributed by atoms with van der Waals surface area (Å²) in [5.74, 6) is -1.72. The van der Waals surface area contributed by atoms with Crippen LogP contribution in [0.1, 0.15) is 72.6 Å². The topological polar surface area (TPSA) is 85.8 Å². The standard InChI is InChI=1S/C30H32F3N5O/c1-4-23(38-11-10-36-30(38)18(2)3)17-37-27(14-19-12-21(31)16-22(32)13-19)28-24(6-5-9-35-28)20-7-8-26(33)25(15-20)29(34)39/h5-13,15-16,18,23,27,37H,4,14,17H2,1-3H3,(H2,34,39)/t23?,27-/m0/s1. The number of rotatable bonds is 11. The fraction of sp³-hybridized carbons (Fsp3) is 0.300. The van der Waals surface area contributed by atoms with E-state index in [1.807, 2.05) is 12.3 Å². The van der Waals surface area contributed by atoms with Gasteiger partial charge in [-0.3, -0.25) is 9.78 Å². The maximum Gasteiger partial charge on any atom is 0.251 e. The van der Waals surface area contributed by atoms with Crippen LogP contribution < -0.4 is 11.1 Å². The second kappa shape index (κ2) is 12.3. The minimum Gasteiger partial charge on any atom is -0.366 e. The maximum atomic E-state index is 14.2. The Morgan fingerprint density at radius 1 is 1.03 bits per heavy atom. The molecule has 0 spiro atoms. The Kier molecular flexibility index (Phi) is 8.81. The highest BCUT2D eigenvalue weighted by atomic mass is 19.1. The zero-order valence-corrected chi connectivity index (χ0v) is 22.2. The first-order valence-electron chi connectivity index (χ1n) is 12.9. The van der Waals surface area contributed by atoms with Crippen LogP contribution in [-0.2, 0) is 6.42 Å². The second-order valence-electron chi connectivity index (χ2n) is 9.85. The fourth-order valence-electron chi connectivity index (χ4n) is 4.85. The van der Waals surface area contributed by atoms with Gasteiger partial charge in [0.25, 0.3) is 5.91 Å². The third-order valence-electron chi connectivity index (χ3n) is 6.75. The summed E-state index contributed by atoms with van der Waals surface area (Å²) < 4.78 is 44.6. The lowest BCUT2D eigenvalue weighted by atomic mass is 9.94. The van der Waals surface area contributed by atoms with Gasteiger partial charge in [0.1, 0.15) is 23.3 Å².